The van der Waals surface area contributed by atoms with Gasteiger partial charge in [-0.05, 0) is 26.1 Å². The highest BCUT2D eigenvalue weighted by Crippen LogP contribution is 2.24. The summed E-state index contributed by atoms with van der Waals surface area (Å²) in [6.45, 7) is 2.42. The van der Waals surface area contributed by atoms with Crippen LogP contribution in [0.2, 0.25) is 0 Å². The summed E-state index contributed by atoms with van der Waals surface area (Å²) in [4.78, 5) is 22.9. The highest BCUT2D eigenvalue weighted by atomic mass is 32.2. The summed E-state index contributed by atoms with van der Waals surface area (Å²) in [5.41, 5.74) is 2.45. The molecule has 0 spiro atoms. The zero-order chi connectivity index (χ0) is 22.3. The molecule has 3 aromatic rings. The van der Waals surface area contributed by atoms with Gasteiger partial charge < -0.3 is 15.5 Å². The quantitative estimate of drug-likeness (QED) is 0.507. The van der Waals surface area contributed by atoms with Crippen molar-refractivity contribution in [2.75, 3.05) is 7.05 Å². The third-order valence-corrected chi connectivity index (χ3v) is 5.54. The van der Waals surface area contributed by atoms with E-state index in [-0.39, 0.29) is 12.3 Å². The van der Waals surface area contributed by atoms with Crippen LogP contribution in [0.1, 0.15) is 18.7 Å². The van der Waals surface area contributed by atoms with E-state index in [4.69, 9.17) is 19.8 Å². The number of aliphatic carboxylic acids is 2. The van der Waals surface area contributed by atoms with Gasteiger partial charge in [0.05, 0.1) is 10.6 Å². The molecule has 0 unspecified atom stereocenters. The minimum absolute atomic E-state index is 0. The van der Waals surface area contributed by atoms with Crippen LogP contribution >= 0.6 is 0 Å². The number of aromatic nitrogens is 2. The van der Waals surface area contributed by atoms with Gasteiger partial charge in [0.25, 0.3) is 10.0 Å². The molecule has 10 heteroatoms. The Morgan fingerprint density at radius 1 is 1.00 bits per heavy atom. The Balaban J connectivity index is 0.000000607. The number of carboxylic acid groups (broad SMARTS) is 2. The Hall–Kier alpha value is -3.50. The normalized spacial score (nSPS) is 10.4. The number of rotatable bonds is 5. The number of hydrogen-bond donors (Lipinski definition) is 3. The lowest BCUT2D eigenvalue weighted by Gasteiger charge is -2.09. The molecule has 1 heterocycles. The molecule has 0 fully saturated rings. The summed E-state index contributed by atoms with van der Waals surface area (Å²) in [6, 6.07) is 16.2. The van der Waals surface area contributed by atoms with Crippen molar-refractivity contribution >= 4 is 22.0 Å². The average molecular weight is 448 g/mol. The van der Waals surface area contributed by atoms with Crippen molar-refractivity contribution in [1.82, 2.24) is 14.3 Å². The van der Waals surface area contributed by atoms with Gasteiger partial charge in [-0.2, -0.15) is 0 Å². The maximum Gasteiger partial charge on any atom is 0.414 e. The lowest BCUT2D eigenvalue weighted by molar-refractivity contribution is -0.159. The van der Waals surface area contributed by atoms with Crippen molar-refractivity contribution < 1.29 is 28.2 Å². The molecule has 0 radical (unpaired) electrons. The van der Waals surface area contributed by atoms with Crippen molar-refractivity contribution in [2.24, 2.45) is 0 Å². The average Bonchev–Trinajstić information content (AvgIpc) is 3.14. The topological polar surface area (TPSA) is 139 Å². The number of hydrogen-bond acceptors (Lipinski definition) is 6. The van der Waals surface area contributed by atoms with Crippen LogP contribution in [0.15, 0.2) is 65.7 Å². The van der Waals surface area contributed by atoms with E-state index in [0.29, 0.717) is 18.1 Å². The fourth-order valence-electron chi connectivity index (χ4n) is 2.46. The summed E-state index contributed by atoms with van der Waals surface area (Å²) in [6.07, 6.45) is 1.58. The van der Waals surface area contributed by atoms with Gasteiger partial charge in [0.2, 0.25) is 0 Å². The van der Waals surface area contributed by atoms with Crippen LogP contribution in [-0.4, -0.2) is 46.6 Å². The highest BCUT2D eigenvalue weighted by Gasteiger charge is 2.22. The number of nitrogens with one attached hydrogen (secondary N) is 1. The van der Waals surface area contributed by atoms with Gasteiger partial charge >= 0.3 is 11.9 Å². The SMILES string of the molecule is C.CNCc1cn(S(=O)(=O)c2ccc(C)cc2)c(-c2ccccc2)n1.O=C(O)C(=O)O. The predicted molar refractivity (Wildman–Crippen MR) is 116 cm³/mol. The number of nitrogens with zero attached hydrogens (tertiary/aromatic N) is 2. The van der Waals surface area contributed by atoms with Gasteiger partial charge in [-0.25, -0.2) is 27.0 Å². The monoisotopic (exact) mass is 447 g/mol. The van der Waals surface area contributed by atoms with E-state index in [1.807, 2.05) is 37.3 Å². The summed E-state index contributed by atoms with van der Waals surface area (Å²) in [7, 11) is -1.90. The number of benzene rings is 2. The predicted octanol–water partition coefficient (Wildman–Crippen LogP) is 2.61. The molecule has 0 bridgehead atoms. The summed E-state index contributed by atoms with van der Waals surface area (Å²) in [5.74, 6) is -3.23. The second-order valence-corrected chi connectivity index (χ2v) is 7.99. The van der Waals surface area contributed by atoms with Crippen LogP contribution in [0, 0.1) is 6.92 Å². The molecule has 0 atom stereocenters. The molecule has 3 rings (SSSR count). The first-order chi connectivity index (χ1) is 14.2. The molecule has 3 N–H and O–H groups in total. The van der Waals surface area contributed by atoms with E-state index in [1.165, 1.54) is 3.97 Å². The minimum Gasteiger partial charge on any atom is -0.473 e. The summed E-state index contributed by atoms with van der Waals surface area (Å²) in [5, 5.41) is 17.8. The fraction of sp³-hybridized carbons (Fsp3) is 0.190. The molecule has 0 aliphatic carbocycles. The van der Waals surface area contributed by atoms with Crippen LogP contribution in [0.5, 0.6) is 0 Å². The van der Waals surface area contributed by atoms with Gasteiger partial charge in [-0.15, -0.1) is 0 Å². The highest BCUT2D eigenvalue weighted by molar-refractivity contribution is 7.90. The van der Waals surface area contributed by atoms with Gasteiger partial charge in [0.15, 0.2) is 5.82 Å². The molecular formula is C21H25N3O6S. The van der Waals surface area contributed by atoms with Crippen molar-refractivity contribution in [3.8, 4) is 11.4 Å². The van der Waals surface area contributed by atoms with Crippen molar-refractivity contribution in [2.45, 2.75) is 25.8 Å². The molecule has 0 saturated carbocycles. The number of carbonyl (C=O) groups is 2. The van der Waals surface area contributed by atoms with Gasteiger partial charge in [-0.1, -0.05) is 55.5 Å². The minimum atomic E-state index is -3.71. The van der Waals surface area contributed by atoms with Gasteiger partial charge in [0.1, 0.15) is 0 Å². The Labute approximate surface area is 181 Å². The first kappa shape index (κ1) is 25.5. The zero-order valence-corrected chi connectivity index (χ0v) is 17.1. The lowest BCUT2D eigenvalue weighted by atomic mass is 10.2. The van der Waals surface area contributed by atoms with E-state index >= 15 is 0 Å². The second-order valence-electron chi connectivity index (χ2n) is 6.18. The molecule has 166 valence electrons. The van der Waals surface area contributed by atoms with Crippen molar-refractivity contribution in [1.29, 1.82) is 0 Å². The first-order valence-electron chi connectivity index (χ1n) is 8.73. The van der Waals surface area contributed by atoms with Gasteiger partial charge in [-0.3, -0.25) is 0 Å². The van der Waals surface area contributed by atoms with Crippen molar-refractivity contribution in [3.63, 3.8) is 0 Å². The molecule has 0 amide bonds. The smallest absolute Gasteiger partial charge is 0.414 e. The largest absolute Gasteiger partial charge is 0.473 e. The number of carboxylic acids is 2. The Kier molecular flexibility index (Phi) is 9.10. The van der Waals surface area contributed by atoms with E-state index in [1.54, 1.807) is 37.5 Å². The van der Waals surface area contributed by atoms with Crippen molar-refractivity contribution in [3.05, 3.63) is 72.1 Å². The van der Waals surface area contributed by atoms with E-state index < -0.39 is 22.0 Å². The van der Waals surface area contributed by atoms with Crippen LogP contribution < -0.4 is 5.32 Å². The fourth-order valence-corrected chi connectivity index (χ4v) is 3.80. The van der Waals surface area contributed by atoms with Crippen LogP contribution in [-0.2, 0) is 26.2 Å². The van der Waals surface area contributed by atoms with E-state index in [9.17, 15) is 8.42 Å². The molecule has 0 aliphatic rings. The third-order valence-electron chi connectivity index (χ3n) is 3.88. The molecule has 31 heavy (non-hydrogen) atoms. The first-order valence-corrected chi connectivity index (χ1v) is 10.2. The molecule has 2 aromatic carbocycles. The molecular weight excluding hydrogens is 422 g/mol. The summed E-state index contributed by atoms with van der Waals surface area (Å²) >= 11 is 0. The Morgan fingerprint density at radius 3 is 2.03 bits per heavy atom. The maximum absolute atomic E-state index is 13.1. The molecule has 1 aromatic heterocycles. The third kappa shape index (κ3) is 6.49. The Morgan fingerprint density at radius 2 is 1.55 bits per heavy atom. The maximum atomic E-state index is 13.1. The number of imidazole rings is 1. The molecule has 0 aliphatic heterocycles. The second kappa shape index (κ2) is 11.0. The number of aryl methyl sites for hydroxylation is 1. The van der Waals surface area contributed by atoms with Crippen LogP contribution in [0.3, 0.4) is 0 Å². The van der Waals surface area contributed by atoms with E-state index in [2.05, 4.69) is 10.3 Å². The zero-order valence-electron chi connectivity index (χ0n) is 16.3. The lowest BCUT2D eigenvalue weighted by Crippen LogP contribution is -2.13. The van der Waals surface area contributed by atoms with Gasteiger partial charge in [0, 0.05) is 18.3 Å². The van der Waals surface area contributed by atoms with Crippen LogP contribution in [0.4, 0.5) is 0 Å². The van der Waals surface area contributed by atoms with Crippen LogP contribution in [0.25, 0.3) is 11.4 Å². The van der Waals surface area contributed by atoms with E-state index in [0.717, 1.165) is 11.1 Å². The standard InChI is InChI=1S/C18H19N3O2S.C2H2O4.CH4/c1-14-8-10-17(11-9-14)24(22,23)21-13-16(12-19-2)20-18(21)15-6-4-3-5-7-15;3-1(4)2(5)6;/h3-11,13,19H,12H2,1-2H3;(H,3,4)(H,5,6);1H4. The Bertz CT molecular complexity index is 1110. The molecule has 0 saturated heterocycles. The summed E-state index contributed by atoms with van der Waals surface area (Å²) < 4.78 is 27.4. The molecule has 9 nitrogen and oxygen atoms in total.